The van der Waals surface area contributed by atoms with E-state index >= 15 is 0 Å². The molecule has 1 aromatic carbocycles. The lowest BCUT2D eigenvalue weighted by atomic mass is 10.0. The molecule has 4 nitrogen and oxygen atoms in total. The summed E-state index contributed by atoms with van der Waals surface area (Å²) in [6, 6.07) is 8.20. The monoisotopic (exact) mass is 254 g/mol. The van der Waals surface area contributed by atoms with Gasteiger partial charge >= 0.3 is 0 Å². The van der Waals surface area contributed by atoms with Gasteiger partial charge in [0.2, 0.25) is 0 Å². The highest BCUT2D eigenvalue weighted by Gasteiger charge is 2.30. The van der Waals surface area contributed by atoms with Gasteiger partial charge in [0.15, 0.2) is 0 Å². The Morgan fingerprint density at radius 1 is 1.47 bits per heavy atom. The second kappa shape index (κ2) is 5.73. The minimum Gasteiger partial charge on any atom is -0.395 e. The Morgan fingerprint density at radius 2 is 2.24 bits per heavy atom. The number of nitrogens with one attached hydrogen (secondary N) is 1. The normalized spacial score (nSPS) is 24.6. The van der Waals surface area contributed by atoms with Crippen molar-refractivity contribution in [1.29, 1.82) is 0 Å². The van der Waals surface area contributed by atoms with Crippen molar-refractivity contribution in [2.45, 2.75) is 18.4 Å². The van der Waals surface area contributed by atoms with Gasteiger partial charge in [-0.3, -0.25) is 0 Å². The number of rotatable bonds is 5. The number of hydrogen-bond acceptors (Lipinski definition) is 3. The van der Waals surface area contributed by atoms with Gasteiger partial charge in [-0.05, 0) is 17.5 Å². The van der Waals surface area contributed by atoms with Crippen molar-refractivity contribution in [2.24, 2.45) is 5.73 Å². The molecule has 0 saturated carbocycles. The maximum atomic E-state index is 11.7. The van der Waals surface area contributed by atoms with Crippen molar-refractivity contribution in [3.05, 3.63) is 35.4 Å². The Labute approximate surface area is 104 Å². The number of fused-ring (bicyclic) bond motifs is 1. The smallest absolute Gasteiger partial charge is 0.0922 e. The van der Waals surface area contributed by atoms with Crippen LogP contribution < -0.4 is 10.5 Å². The van der Waals surface area contributed by atoms with Crippen molar-refractivity contribution < 1.29 is 9.32 Å². The highest BCUT2D eigenvalue weighted by atomic mass is 32.2. The average molecular weight is 254 g/mol. The number of nitrogens with two attached hydrogens (primary N) is 1. The third-order valence-electron chi connectivity index (χ3n) is 3.13. The molecule has 0 fully saturated rings. The molecule has 0 heterocycles. The lowest BCUT2D eigenvalue weighted by molar-refractivity contribution is 0.302. The Bertz CT molecular complexity index is 411. The molecule has 0 bridgehead atoms. The van der Waals surface area contributed by atoms with Crippen molar-refractivity contribution in [1.82, 2.24) is 4.72 Å². The lowest BCUT2D eigenvalue weighted by Gasteiger charge is -2.16. The maximum absolute atomic E-state index is 11.7. The Morgan fingerprint density at radius 3 is 3.00 bits per heavy atom. The first-order chi connectivity index (χ1) is 8.22. The topological polar surface area (TPSA) is 75.4 Å². The summed E-state index contributed by atoms with van der Waals surface area (Å²) in [5.74, 6) is 0.663. The average Bonchev–Trinajstić information content (AvgIpc) is 2.64. The molecule has 1 aliphatic rings. The summed E-state index contributed by atoms with van der Waals surface area (Å²) in [4.78, 5) is 0. The van der Waals surface area contributed by atoms with E-state index in [9.17, 15) is 4.21 Å². The van der Waals surface area contributed by atoms with Crippen LogP contribution in [0.4, 0.5) is 0 Å². The van der Waals surface area contributed by atoms with Gasteiger partial charge in [0.05, 0.1) is 17.6 Å². The van der Waals surface area contributed by atoms with Crippen LogP contribution in [0, 0.1) is 0 Å². The van der Waals surface area contributed by atoms with Crippen LogP contribution in [-0.4, -0.2) is 34.3 Å². The molecule has 0 aliphatic heterocycles. The van der Waals surface area contributed by atoms with Crippen LogP contribution >= 0.6 is 0 Å². The second-order valence-electron chi connectivity index (χ2n) is 4.30. The van der Waals surface area contributed by atoms with E-state index in [0.29, 0.717) is 12.3 Å². The molecular formula is C12H18N2O2S. The van der Waals surface area contributed by atoms with E-state index in [1.165, 1.54) is 11.1 Å². The third kappa shape index (κ3) is 2.93. The lowest BCUT2D eigenvalue weighted by Crippen LogP contribution is -2.32. The van der Waals surface area contributed by atoms with Gasteiger partial charge in [0, 0.05) is 24.3 Å². The van der Waals surface area contributed by atoms with Crippen molar-refractivity contribution >= 4 is 11.0 Å². The fourth-order valence-electron chi connectivity index (χ4n) is 2.30. The Kier molecular flexibility index (Phi) is 4.28. The zero-order valence-corrected chi connectivity index (χ0v) is 10.5. The molecule has 0 aromatic heterocycles. The van der Waals surface area contributed by atoms with Crippen molar-refractivity contribution in [3.63, 3.8) is 0 Å². The summed E-state index contributed by atoms with van der Waals surface area (Å²) in [7, 11) is -1.13. The zero-order valence-electron chi connectivity index (χ0n) is 9.63. The van der Waals surface area contributed by atoms with E-state index in [2.05, 4.69) is 16.9 Å². The van der Waals surface area contributed by atoms with E-state index < -0.39 is 11.0 Å². The van der Waals surface area contributed by atoms with Crippen LogP contribution in [0.15, 0.2) is 24.3 Å². The molecule has 0 saturated heterocycles. The molecule has 2 rings (SSSR count). The van der Waals surface area contributed by atoms with Crippen LogP contribution in [0.1, 0.15) is 17.0 Å². The van der Waals surface area contributed by atoms with Crippen LogP contribution in [0.2, 0.25) is 0 Å². The maximum Gasteiger partial charge on any atom is 0.0922 e. The van der Waals surface area contributed by atoms with Crippen molar-refractivity contribution in [3.8, 4) is 0 Å². The van der Waals surface area contributed by atoms with Gasteiger partial charge in [0.25, 0.3) is 0 Å². The van der Waals surface area contributed by atoms with Gasteiger partial charge in [-0.25, -0.2) is 8.93 Å². The molecule has 0 radical (unpaired) electrons. The van der Waals surface area contributed by atoms with Crippen molar-refractivity contribution in [2.75, 3.05) is 18.9 Å². The van der Waals surface area contributed by atoms with Gasteiger partial charge in [-0.2, -0.15) is 0 Å². The molecule has 0 amide bonds. The first-order valence-corrected chi connectivity index (χ1v) is 7.10. The molecule has 94 valence electrons. The highest BCUT2D eigenvalue weighted by Crippen LogP contribution is 2.32. The molecule has 1 aliphatic carbocycles. The van der Waals surface area contributed by atoms with E-state index in [1.807, 2.05) is 12.1 Å². The minimum atomic E-state index is -1.13. The van der Waals surface area contributed by atoms with Crippen LogP contribution in [0.5, 0.6) is 0 Å². The number of aliphatic hydroxyl groups excluding tert-OH is 1. The standard InChI is InChI=1S/C12H18N2O2S/c13-12-7-9-3-1-2-4-10(9)11(12)8-17(16)14-5-6-15/h1-4,11-12,14-15H,5-8,13H2/t11-,12?,17?/m1/s1. The van der Waals surface area contributed by atoms with E-state index in [-0.39, 0.29) is 18.6 Å². The molecule has 3 atom stereocenters. The number of hydrogen-bond donors (Lipinski definition) is 3. The summed E-state index contributed by atoms with van der Waals surface area (Å²) in [5, 5.41) is 8.66. The number of aliphatic hydroxyl groups is 1. The summed E-state index contributed by atoms with van der Waals surface area (Å²) in [6.07, 6.45) is 0.859. The van der Waals surface area contributed by atoms with E-state index in [4.69, 9.17) is 10.8 Å². The van der Waals surface area contributed by atoms with Gasteiger partial charge in [-0.15, -0.1) is 0 Å². The van der Waals surface area contributed by atoms with E-state index in [0.717, 1.165) is 6.42 Å². The number of benzene rings is 1. The first-order valence-electron chi connectivity index (χ1n) is 5.78. The molecule has 17 heavy (non-hydrogen) atoms. The molecule has 2 unspecified atom stereocenters. The first kappa shape index (κ1) is 12.7. The van der Waals surface area contributed by atoms with Crippen LogP contribution in [0.3, 0.4) is 0 Å². The van der Waals surface area contributed by atoms with Crippen LogP contribution in [-0.2, 0) is 17.4 Å². The Balaban J connectivity index is 2.04. The molecule has 5 heteroatoms. The minimum absolute atomic E-state index is 0.000945. The zero-order chi connectivity index (χ0) is 12.3. The van der Waals surface area contributed by atoms with Gasteiger partial charge < -0.3 is 10.8 Å². The predicted molar refractivity (Wildman–Crippen MR) is 69.0 cm³/mol. The second-order valence-corrected chi connectivity index (χ2v) is 5.62. The summed E-state index contributed by atoms with van der Waals surface area (Å²) < 4.78 is 14.5. The van der Waals surface area contributed by atoms with Gasteiger partial charge in [0.1, 0.15) is 0 Å². The predicted octanol–water partition coefficient (Wildman–Crippen LogP) is -0.101. The fraction of sp³-hybridized carbons (Fsp3) is 0.500. The highest BCUT2D eigenvalue weighted by molar-refractivity contribution is 7.83. The molecule has 0 spiro atoms. The summed E-state index contributed by atoms with van der Waals surface area (Å²) in [6.45, 7) is 0.356. The van der Waals surface area contributed by atoms with E-state index in [1.54, 1.807) is 0 Å². The molecule has 1 aromatic rings. The SMILES string of the molecule is NC1Cc2ccccc2[C@H]1CS(=O)NCCO. The molecular weight excluding hydrogens is 236 g/mol. The quantitative estimate of drug-likeness (QED) is 0.687. The molecule has 4 N–H and O–H groups in total. The third-order valence-corrected chi connectivity index (χ3v) is 4.32. The van der Waals surface area contributed by atoms with Crippen LogP contribution in [0.25, 0.3) is 0 Å². The summed E-state index contributed by atoms with van der Waals surface area (Å²) in [5.41, 5.74) is 8.58. The van der Waals surface area contributed by atoms with Gasteiger partial charge in [-0.1, -0.05) is 24.3 Å². The fourth-order valence-corrected chi connectivity index (χ4v) is 3.49. The summed E-state index contributed by atoms with van der Waals surface area (Å²) >= 11 is 0. The Hall–Kier alpha value is -0.750. The largest absolute Gasteiger partial charge is 0.395 e.